The minimum Gasteiger partial charge on any atom is -0.319 e. The van der Waals surface area contributed by atoms with Gasteiger partial charge in [0.25, 0.3) is 5.91 Å². The zero-order valence-corrected chi connectivity index (χ0v) is 12.8. The van der Waals surface area contributed by atoms with Crippen LogP contribution in [0.25, 0.3) is 10.2 Å². The normalized spacial score (nSPS) is 12.2. The predicted octanol–water partition coefficient (Wildman–Crippen LogP) is 2.66. The fourth-order valence-electron chi connectivity index (χ4n) is 2.27. The van der Waals surface area contributed by atoms with Gasteiger partial charge in [-0.05, 0) is 18.6 Å². The van der Waals surface area contributed by atoms with E-state index in [0.29, 0.717) is 10.4 Å². The van der Waals surface area contributed by atoms with Gasteiger partial charge in [-0.1, -0.05) is 36.8 Å². The second kappa shape index (κ2) is 5.65. The second-order valence-corrected chi connectivity index (χ2v) is 5.85. The molecule has 2 heterocycles. The van der Waals surface area contributed by atoms with Crippen LogP contribution in [0.4, 0.5) is 0 Å². The summed E-state index contributed by atoms with van der Waals surface area (Å²) in [6.07, 6.45) is 3.32. The van der Waals surface area contributed by atoms with Crippen molar-refractivity contribution in [2.75, 3.05) is 0 Å². The lowest BCUT2D eigenvalue weighted by molar-refractivity contribution is 0.0997. The molecule has 0 saturated carbocycles. The molecule has 2 aromatic heterocycles. The highest BCUT2D eigenvalue weighted by atomic mass is 32.1. The van der Waals surface area contributed by atoms with Gasteiger partial charge < -0.3 is 4.57 Å². The van der Waals surface area contributed by atoms with Gasteiger partial charge in [-0.15, -0.1) is 0 Å². The van der Waals surface area contributed by atoms with Crippen LogP contribution in [0.2, 0.25) is 0 Å². The summed E-state index contributed by atoms with van der Waals surface area (Å²) in [5.41, 5.74) is 2.50. The number of aryl methyl sites for hydroxylation is 2. The Morgan fingerprint density at radius 2 is 2.24 bits per heavy atom. The first-order chi connectivity index (χ1) is 10.2. The van der Waals surface area contributed by atoms with Crippen molar-refractivity contribution in [1.82, 2.24) is 14.8 Å². The Kier molecular flexibility index (Phi) is 3.70. The van der Waals surface area contributed by atoms with Crippen molar-refractivity contribution in [3.63, 3.8) is 0 Å². The van der Waals surface area contributed by atoms with Crippen molar-refractivity contribution in [3.8, 4) is 0 Å². The molecule has 1 amide bonds. The minimum absolute atomic E-state index is 0.241. The molecule has 5 nitrogen and oxygen atoms in total. The lowest BCUT2D eigenvalue weighted by atomic mass is 10.1. The smallest absolute Gasteiger partial charge is 0.283 e. The van der Waals surface area contributed by atoms with Gasteiger partial charge in [0.2, 0.25) is 0 Å². The van der Waals surface area contributed by atoms with E-state index in [1.165, 1.54) is 11.3 Å². The Bertz CT molecular complexity index is 856. The number of carbonyl (C=O) groups is 1. The van der Waals surface area contributed by atoms with Crippen molar-refractivity contribution in [2.45, 2.75) is 19.8 Å². The van der Waals surface area contributed by atoms with E-state index in [0.717, 1.165) is 28.8 Å². The molecule has 0 saturated heterocycles. The third kappa shape index (κ3) is 2.54. The summed E-state index contributed by atoms with van der Waals surface area (Å²) in [5, 5.41) is 6.84. The number of carbonyl (C=O) groups excluding carboxylic acids is 1. The van der Waals surface area contributed by atoms with Crippen LogP contribution in [0.5, 0.6) is 0 Å². The largest absolute Gasteiger partial charge is 0.319 e. The fraction of sp³-hybridized carbons (Fsp3) is 0.267. The molecule has 1 N–H and O–H groups in total. The molecule has 0 fully saturated rings. The van der Waals surface area contributed by atoms with E-state index in [2.05, 4.69) is 22.1 Å². The molecule has 0 atom stereocenters. The summed E-state index contributed by atoms with van der Waals surface area (Å²) in [6.45, 7) is 2.07. The van der Waals surface area contributed by atoms with Crippen LogP contribution in [0.15, 0.2) is 35.5 Å². The van der Waals surface area contributed by atoms with Gasteiger partial charge in [-0.25, -0.2) is 0 Å². The van der Waals surface area contributed by atoms with Gasteiger partial charge in [0.1, 0.15) is 0 Å². The molecule has 21 heavy (non-hydrogen) atoms. The quantitative estimate of drug-likeness (QED) is 0.808. The van der Waals surface area contributed by atoms with Gasteiger partial charge in [0.15, 0.2) is 4.80 Å². The molecule has 6 heteroatoms. The number of nitrogens with zero attached hydrogens (tertiary/aromatic N) is 3. The third-order valence-electron chi connectivity index (χ3n) is 3.36. The van der Waals surface area contributed by atoms with E-state index in [1.54, 1.807) is 6.20 Å². The maximum Gasteiger partial charge on any atom is 0.283 e. The van der Waals surface area contributed by atoms with Gasteiger partial charge >= 0.3 is 0 Å². The number of fused-ring (bicyclic) bond motifs is 1. The Balaban J connectivity index is 2.05. The lowest BCUT2D eigenvalue weighted by Gasteiger charge is -1.97. The Morgan fingerprint density at radius 1 is 1.43 bits per heavy atom. The maximum atomic E-state index is 12.4. The lowest BCUT2D eigenvalue weighted by Crippen LogP contribution is -2.13. The molecule has 0 unspecified atom stereocenters. The highest BCUT2D eigenvalue weighted by Gasteiger charge is 2.13. The number of aromatic amines is 1. The number of hydrogen-bond acceptors (Lipinski definition) is 3. The SMILES string of the molecule is CCCc1[nH]ncc1C(=O)N=c1sc2ccccc2n1C. The molecular weight excluding hydrogens is 284 g/mol. The van der Waals surface area contributed by atoms with Crippen LogP contribution in [-0.2, 0) is 13.5 Å². The molecule has 0 aliphatic heterocycles. The van der Waals surface area contributed by atoms with Crippen LogP contribution >= 0.6 is 11.3 Å². The number of H-pyrrole nitrogens is 1. The van der Waals surface area contributed by atoms with Crippen molar-refractivity contribution in [3.05, 3.63) is 46.5 Å². The van der Waals surface area contributed by atoms with Gasteiger partial charge in [-0.3, -0.25) is 9.89 Å². The Hall–Kier alpha value is -2.21. The number of aromatic nitrogens is 3. The standard InChI is InChI=1S/C15H16N4OS/c1-3-6-11-10(9-16-18-11)14(20)17-15-19(2)12-7-4-5-8-13(12)21-15/h4-5,7-9H,3,6H2,1-2H3,(H,16,18). The molecule has 3 rings (SSSR count). The van der Waals surface area contributed by atoms with E-state index in [9.17, 15) is 4.79 Å². The van der Waals surface area contributed by atoms with E-state index >= 15 is 0 Å². The molecule has 0 spiro atoms. The topological polar surface area (TPSA) is 63.0 Å². The number of rotatable bonds is 3. The zero-order chi connectivity index (χ0) is 14.8. The van der Waals surface area contributed by atoms with Crippen molar-refractivity contribution in [2.24, 2.45) is 12.0 Å². The van der Waals surface area contributed by atoms with Crippen LogP contribution < -0.4 is 4.80 Å². The van der Waals surface area contributed by atoms with Gasteiger partial charge in [-0.2, -0.15) is 10.1 Å². The fourth-order valence-corrected chi connectivity index (χ4v) is 3.29. The summed E-state index contributed by atoms with van der Waals surface area (Å²) < 4.78 is 3.06. The van der Waals surface area contributed by atoms with Crippen molar-refractivity contribution in [1.29, 1.82) is 0 Å². The average molecular weight is 300 g/mol. The molecule has 0 aliphatic carbocycles. The van der Waals surface area contributed by atoms with E-state index < -0.39 is 0 Å². The minimum atomic E-state index is -0.241. The summed E-state index contributed by atoms with van der Waals surface area (Å²) in [5.74, 6) is -0.241. The summed E-state index contributed by atoms with van der Waals surface area (Å²) in [4.78, 5) is 17.3. The molecule has 3 aromatic rings. The first-order valence-electron chi connectivity index (χ1n) is 6.86. The first kappa shape index (κ1) is 13.8. The van der Waals surface area contributed by atoms with Gasteiger partial charge in [0, 0.05) is 12.7 Å². The van der Waals surface area contributed by atoms with Crippen LogP contribution in [0.3, 0.4) is 0 Å². The summed E-state index contributed by atoms with van der Waals surface area (Å²) >= 11 is 1.51. The Morgan fingerprint density at radius 3 is 3.00 bits per heavy atom. The maximum absolute atomic E-state index is 12.4. The second-order valence-electron chi connectivity index (χ2n) is 4.84. The number of hydrogen-bond donors (Lipinski definition) is 1. The Labute approximate surface area is 126 Å². The number of nitrogens with one attached hydrogen (secondary N) is 1. The molecule has 0 radical (unpaired) electrons. The van der Waals surface area contributed by atoms with Crippen molar-refractivity contribution >= 4 is 27.5 Å². The summed E-state index contributed by atoms with van der Waals surface area (Å²) in [7, 11) is 1.92. The van der Waals surface area contributed by atoms with E-state index in [-0.39, 0.29) is 5.91 Å². The highest BCUT2D eigenvalue weighted by Crippen LogP contribution is 2.15. The monoisotopic (exact) mass is 300 g/mol. The average Bonchev–Trinajstić information content (AvgIpc) is 3.06. The molecule has 108 valence electrons. The molecular formula is C15H16N4OS. The van der Waals surface area contributed by atoms with Crippen molar-refractivity contribution < 1.29 is 4.79 Å². The highest BCUT2D eigenvalue weighted by molar-refractivity contribution is 7.16. The predicted molar refractivity (Wildman–Crippen MR) is 83.3 cm³/mol. The molecule has 0 aliphatic rings. The van der Waals surface area contributed by atoms with E-state index in [1.807, 2.05) is 35.9 Å². The van der Waals surface area contributed by atoms with Crippen LogP contribution in [0, 0.1) is 0 Å². The first-order valence-corrected chi connectivity index (χ1v) is 7.68. The van der Waals surface area contributed by atoms with Crippen LogP contribution in [-0.4, -0.2) is 20.7 Å². The van der Waals surface area contributed by atoms with Crippen LogP contribution in [0.1, 0.15) is 29.4 Å². The van der Waals surface area contributed by atoms with E-state index in [4.69, 9.17) is 0 Å². The number of benzene rings is 1. The zero-order valence-electron chi connectivity index (χ0n) is 12.0. The number of para-hydroxylation sites is 1. The van der Waals surface area contributed by atoms with Gasteiger partial charge in [0.05, 0.1) is 22.0 Å². The third-order valence-corrected chi connectivity index (χ3v) is 4.47. The number of thiazole rings is 1. The molecule has 0 bridgehead atoms. The molecule has 1 aromatic carbocycles. The summed E-state index contributed by atoms with van der Waals surface area (Å²) in [6, 6.07) is 8.02. The number of amides is 1.